The summed E-state index contributed by atoms with van der Waals surface area (Å²) >= 11 is 0. The fourth-order valence-electron chi connectivity index (χ4n) is 2.51. The number of hydrogen-bond acceptors (Lipinski definition) is 3. The van der Waals surface area contributed by atoms with Gasteiger partial charge in [-0.1, -0.05) is 6.07 Å². The number of aromatic nitrogens is 1. The molecule has 0 spiro atoms. The normalized spacial score (nSPS) is 25.3. The molecule has 1 saturated heterocycles. The molecular formula is C14H18N2O. The Bertz CT molecular complexity index is 538. The van der Waals surface area contributed by atoms with Gasteiger partial charge in [-0.3, -0.25) is 0 Å². The monoisotopic (exact) mass is 230 g/mol. The first-order valence-corrected chi connectivity index (χ1v) is 6.30. The number of aryl methyl sites for hydroxylation is 1. The lowest BCUT2D eigenvalue weighted by Crippen LogP contribution is -2.43. The van der Waals surface area contributed by atoms with Crippen LogP contribution < -0.4 is 5.32 Å². The largest absolute Gasteiger partial charge is 0.439 e. The smallest absolute Gasteiger partial charge is 0.215 e. The summed E-state index contributed by atoms with van der Waals surface area (Å²) in [5.74, 6) is 0.831. The third-order valence-electron chi connectivity index (χ3n) is 3.63. The number of oxazole rings is 1. The fourth-order valence-corrected chi connectivity index (χ4v) is 2.51. The van der Waals surface area contributed by atoms with Gasteiger partial charge in [0.25, 0.3) is 0 Å². The van der Waals surface area contributed by atoms with Gasteiger partial charge in [0.05, 0.1) is 5.54 Å². The Labute approximate surface area is 101 Å². The minimum Gasteiger partial charge on any atom is -0.439 e. The van der Waals surface area contributed by atoms with E-state index in [4.69, 9.17) is 4.42 Å². The molecule has 1 aromatic carbocycles. The van der Waals surface area contributed by atoms with E-state index in [0.29, 0.717) is 0 Å². The SMILES string of the molecule is Cc1ccc2nc(C3(C)CCCCN3)oc2c1. The highest BCUT2D eigenvalue weighted by Crippen LogP contribution is 2.31. The van der Waals surface area contributed by atoms with Gasteiger partial charge in [0.1, 0.15) is 5.52 Å². The van der Waals surface area contributed by atoms with Crippen LogP contribution in [0.15, 0.2) is 22.6 Å². The second-order valence-electron chi connectivity index (χ2n) is 5.21. The molecule has 0 amide bonds. The highest BCUT2D eigenvalue weighted by molar-refractivity contribution is 5.73. The maximum absolute atomic E-state index is 5.92. The zero-order valence-electron chi connectivity index (χ0n) is 10.4. The van der Waals surface area contributed by atoms with E-state index in [1.807, 2.05) is 6.07 Å². The molecule has 2 heterocycles. The van der Waals surface area contributed by atoms with Gasteiger partial charge in [-0.15, -0.1) is 0 Å². The van der Waals surface area contributed by atoms with Gasteiger partial charge in [0, 0.05) is 0 Å². The molecule has 3 nitrogen and oxygen atoms in total. The number of piperidine rings is 1. The lowest BCUT2D eigenvalue weighted by molar-refractivity contribution is 0.232. The van der Waals surface area contributed by atoms with E-state index in [-0.39, 0.29) is 5.54 Å². The van der Waals surface area contributed by atoms with Crippen LogP contribution in [0, 0.1) is 6.92 Å². The molecule has 1 aromatic heterocycles. The van der Waals surface area contributed by atoms with Gasteiger partial charge in [0.15, 0.2) is 5.58 Å². The molecule has 90 valence electrons. The standard InChI is InChI=1S/C14H18N2O/c1-10-5-6-11-12(9-10)17-13(16-11)14(2)7-3-4-8-15-14/h5-6,9,15H,3-4,7-8H2,1-2H3. The van der Waals surface area contributed by atoms with Crippen LogP contribution in [0.2, 0.25) is 0 Å². The summed E-state index contributed by atoms with van der Waals surface area (Å²) in [4.78, 5) is 4.62. The highest BCUT2D eigenvalue weighted by atomic mass is 16.4. The summed E-state index contributed by atoms with van der Waals surface area (Å²) in [6.45, 7) is 5.31. The second-order valence-corrected chi connectivity index (χ2v) is 5.21. The Balaban J connectivity index is 2.05. The summed E-state index contributed by atoms with van der Waals surface area (Å²) in [5, 5.41) is 3.53. The molecule has 1 unspecified atom stereocenters. The molecule has 3 heteroatoms. The Morgan fingerprint density at radius 1 is 1.35 bits per heavy atom. The molecule has 0 saturated carbocycles. The average molecular weight is 230 g/mol. The van der Waals surface area contributed by atoms with E-state index in [1.165, 1.54) is 18.4 Å². The topological polar surface area (TPSA) is 38.1 Å². The van der Waals surface area contributed by atoms with Crippen molar-refractivity contribution in [3.63, 3.8) is 0 Å². The maximum atomic E-state index is 5.92. The van der Waals surface area contributed by atoms with Gasteiger partial charge < -0.3 is 9.73 Å². The Hall–Kier alpha value is -1.35. The quantitative estimate of drug-likeness (QED) is 0.818. The van der Waals surface area contributed by atoms with Gasteiger partial charge in [-0.2, -0.15) is 0 Å². The van der Waals surface area contributed by atoms with E-state index < -0.39 is 0 Å². The van der Waals surface area contributed by atoms with Crippen molar-refractivity contribution in [3.8, 4) is 0 Å². The minimum atomic E-state index is -0.0921. The maximum Gasteiger partial charge on any atom is 0.215 e. The summed E-state index contributed by atoms with van der Waals surface area (Å²) < 4.78 is 5.92. The van der Waals surface area contributed by atoms with Crippen LogP contribution >= 0.6 is 0 Å². The second kappa shape index (κ2) is 3.84. The summed E-state index contributed by atoms with van der Waals surface area (Å²) in [6.07, 6.45) is 3.58. The number of hydrogen-bond donors (Lipinski definition) is 1. The van der Waals surface area contributed by atoms with Crippen molar-refractivity contribution in [2.75, 3.05) is 6.54 Å². The van der Waals surface area contributed by atoms with Crippen LogP contribution in [-0.4, -0.2) is 11.5 Å². The molecule has 17 heavy (non-hydrogen) atoms. The Morgan fingerprint density at radius 3 is 3.00 bits per heavy atom. The van der Waals surface area contributed by atoms with Crippen LogP contribution in [0.1, 0.15) is 37.6 Å². The van der Waals surface area contributed by atoms with E-state index in [9.17, 15) is 0 Å². The molecule has 0 radical (unpaired) electrons. The molecule has 1 aliphatic heterocycles. The third-order valence-corrected chi connectivity index (χ3v) is 3.63. The van der Waals surface area contributed by atoms with Crippen molar-refractivity contribution in [3.05, 3.63) is 29.7 Å². The molecule has 1 aliphatic rings. The first-order chi connectivity index (χ1) is 8.17. The van der Waals surface area contributed by atoms with Crippen LogP contribution in [0.25, 0.3) is 11.1 Å². The first-order valence-electron chi connectivity index (χ1n) is 6.30. The zero-order chi connectivity index (χ0) is 11.9. The van der Waals surface area contributed by atoms with Crippen molar-refractivity contribution in [2.45, 2.75) is 38.6 Å². The third kappa shape index (κ3) is 1.84. The van der Waals surface area contributed by atoms with Crippen LogP contribution in [-0.2, 0) is 5.54 Å². The van der Waals surface area contributed by atoms with E-state index in [1.54, 1.807) is 0 Å². The zero-order valence-corrected chi connectivity index (χ0v) is 10.4. The van der Waals surface area contributed by atoms with Gasteiger partial charge in [-0.25, -0.2) is 4.98 Å². The molecule has 3 rings (SSSR count). The van der Waals surface area contributed by atoms with Crippen LogP contribution in [0.3, 0.4) is 0 Å². The summed E-state index contributed by atoms with van der Waals surface area (Å²) in [7, 11) is 0. The van der Waals surface area contributed by atoms with Gasteiger partial charge >= 0.3 is 0 Å². The fraction of sp³-hybridized carbons (Fsp3) is 0.500. The summed E-state index contributed by atoms with van der Waals surface area (Å²) in [6, 6.07) is 6.16. The number of nitrogens with zero attached hydrogens (tertiary/aromatic N) is 1. The highest BCUT2D eigenvalue weighted by Gasteiger charge is 2.33. The molecule has 2 aromatic rings. The predicted molar refractivity (Wildman–Crippen MR) is 68.0 cm³/mol. The minimum absolute atomic E-state index is 0.0921. The lowest BCUT2D eigenvalue weighted by atomic mass is 9.91. The number of fused-ring (bicyclic) bond motifs is 1. The van der Waals surface area contributed by atoms with E-state index in [0.717, 1.165) is 30.0 Å². The van der Waals surface area contributed by atoms with E-state index >= 15 is 0 Å². The molecule has 0 bridgehead atoms. The number of nitrogens with one attached hydrogen (secondary N) is 1. The van der Waals surface area contributed by atoms with Gasteiger partial charge in [0.2, 0.25) is 5.89 Å². The molecule has 0 aliphatic carbocycles. The predicted octanol–water partition coefficient (Wildman–Crippen LogP) is 3.12. The van der Waals surface area contributed by atoms with E-state index in [2.05, 4.69) is 36.3 Å². The lowest BCUT2D eigenvalue weighted by Gasteiger charge is -2.31. The number of rotatable bonds is 1. The van der Waals surface area contributed by atoms with Crippen LogP contribution in [0.5, 0.6) is 0 Å². The van der Waals surface area contributed by atoms with Crippen molar-refractivity contribution in [1.82, 2.24) is 10.3 Å². The molecular weight excluding hydrogens is 212 g/mol. The van der Waals surface area contributed by atoms with Crippen molar-refractivity contribution in [2.24, 2.45) is 0 Å². The first kappa shape index (κ1) is 10.8. The average Bonchev–Trinajstić information content (AvgIpc) is 2.73. The summed E-state index contributed by atoms with van der Waals surface area (Å²) in [5.41, 5.74) is 2.97. The molecule has 1 N–H and O–H groups in total. The van der Waals surface area contributed by atoms with Gasteiger partial charge in [-0.05, 0) is 57.4 Å². The van der Waals surface area contributed by atoms with Crippen LogP contribution in [0.4, 0.5) is 0 Å². The Morgan fingerprint density at radius 2 is 2.24 bits per heavy atom. The molecule has 1 atom stereocenters. The Kier molecular flexibility index (Phi) is 2.44. The number of benzene rings is 1. The molecule has 1 fully saturated rings. The van der Waals surface area contributed by atoms with Crippen molar-refractivity contribution < 1.29 is 4.42 Å². The van der Waals surface area contributed by atoms with Crippen molar-refractivity contribution >= 4 is 11.1 Å². The van der Waals surface area contributed by atoms with Crippen molar-refractivity contribution in [1.29, 1.82) is 0 Å².